The molecule has 0 bridgehead atoms. The van der Waals surface area contributed by atoms with Gasteiger partial charge in [0.25, 0.3) is 0 Å². The van der Waals surface area contributed by atoms with E-state index in [2.05, 4.69) is 0 Å². The highest BCUT2D eigenvalue weighted by atomic mass is 127. The first kappa shape index (κ1) is 9.73. The van der Waals surface area contributed by atoms with Crippen molar-refractivity contribution >= 4 is 22.6 Å². The third-order valence-electron chi connectivity index (χ3n) is 1.27. The molecule has 1 aromatic rings. The van der Waals surface area contributed by atoms with Gasteiger partial charge in [0.2, 0.25) is 0 Å². The largest absolute Gasteiger partial charge is 0.490 e. The van der Waals surface area contributed by atoms with Crippen molar-refractivity contribution in [3.8, 4) is 5.75 Å². The Morgan fingerprint density at radius 1 is 1.50 bits per heavy atom. The smallest absolute Gasteiger partial charge is 0.140 e. The summed E-state index contributed by atoms with van der Waals surface area (Å²) in [6, 6.07) is 4.61. The van der Waals surface area contributed by atoms with Gasteiger partial charge in [-0.1, -0.05) is 6.07 Å². The Morgan fingerprint density at radius 2 is 2.25 bits per heavy atom. The van der Waals surface area contributed by atoms with Crippen LogP contribution in [0.5, 0.6) is 5.75 Å². The van der Waals surface area contributed by atoms with Gasteiger partial charge in [-0.25, -0.2) is 4.39 Å². The standard InChI is InChI=1S/C8H8FIO2/c9-6-2-1-3-7(8(6)10)12-5-4-11/h1-3,11H,4-5H2. The summed E-state index contributed by atoms with van der Waals surface area (Å²) in [5.41, 5.74) is 0. The van der Waals surface area contributed by atoms with Crippen molar-refractivity contribution < 1.29 is 14.2 Å². The molecular formula is C8H8FIO2. The average Bonchev–Trinajstić information content (AvgIpc) is 2.08. The fraction of sp³-hybridized carbons (Fsp3) is 0.250. The quantitative estimate of drug-likeness (QED) is 0.857. The van der Waals surface area contributed by atoms with Gasteiger partial charge in [0.15, 0.2) is 0 Å². The van der Waals surface area contributed by atoms with Crippen LogP contribution in [-0.4, -0.2) is 18.3 Å². The lowest BCUT2D eigenvalue weighted by Gasteiger charge is -2.05. The molecule has 0 aliphatic heterocycles. The molecule has 4 heteroatoms. The monoisotopic (exact) mass is 282 g/mol. The van der Waals surface area contributed by atoms with Gasteiger partial charge >= 0.3 is 0 Å². The summed E-state index contributed by atoms with van der Waals surface area (Å²) in [6.45, 7) is 0.131. The van der Waals surface area contributed by atoms with Crippen molar-refractivity contribution in [2.24, 2.45) is 0 Å². The van der Waals surface area contributed by atoms with Gasteiger partial charge in [-0.2, -0.15) is 0 Å². The molecule has 0 spiro atoms. The Hall–Kier alpha value is -0.360. The second-order valence-electron chi connectivity index (χ2n) is 2.12. The Balaban J connectivity index is 2.78. The third kappa shape index (κ3) is 2.31. The minimum atomic E-state index is -0.300. The first-order chi connectivity index (χ1) is 5.75. The van der Waals surface area contributed by atoms with E-state index in [1.54, 1.807) is 12.1 Å². The number of aliphatic hydroxyl groups excluding tert-OH is 1. The Kier molecular flexibility index (Phi) is 3.74. The van der Waals surface area contributed by atoms with Crippen LogP contribution in [0.2, 0.25) is 0 Å². The minimum absolute atomic E-state index is 0.0629. The predicted molar refractivity (Wildman–Crippen MR) is 51.7 cm³/mol. The van der Waals surface area contributed by atoms with Crippen LogP contribution in [0, 0.1) is 9.39 Å². The number of aliphatic hydroxyl groups is 1. The van der Waals surface area contributed by atoms with E-state index in [1.165, 1.54) is 6.07 Å². The highest BCUT2D eigenvalue weighted by molar-refractivity contribution is 14.1. The number of hydrogen-bond donors (Lipinski definition) is 1. The van der Waals surface area contributed by atoms with Crippen LogP contribution >= 0.6 is 22.6 Å². The molecule has 1 rings (SSSR count). The molecule has 0 fully saturated rings. The van der Waals surface area contributed by atoms with Gasteiger partial charge in [0.05, 0.1) is 10.2 Å². The average molecular weight is 282 g/mol. The molecule has 2 nitrogen and oxygen atoms in total. The van der Waals surface area contributed by atoms with Crippen molar-refractivity contribution in [3.05, 3.63) is 27.6 Å². The van der Waals surface area contributed by atoms with Gasteiger partial charge < -0.3 is 9.84 Å². The van der Waals surface area contributed by atoms with Crippen LogP contribution in [0.15, 0.2) is 18.2 Å². The van der Waals surface area contributed by atoms with E-state index in [0.29, 0.717) is 9.32 Å². The fourth-order valence-corrected chi connectivity index (χ4v) is 1.27. The lowest BCUT2D eigenvalue weighted by molar-refractivity contribution is 0.200. The lowest BCUT2D eigenvalue weighted by Crippen LogP contribution is -2.03. The predicted octanol–water partition coefficient (Wildman–Crippen LogP) is 1.80. The highest BCUT2D eigenvalue weighted by Gasteiger charge is 2.04. The van der Waals surface area contributed by atoms with E-state index in [1.807, 2.05) is 22.6 Å². The van der Waals surface area contributed by atoms with Gasteiger partial charge in [-0.15, -0.1) is 0 Å². The topological polar surface area (TPSA) is 29.5 Å². The maximum absolute atomic E-state index is 12.9. The molecule has 0 radical (unpaired) electrons. The summed E-state index contributed by atoms with van der Waals surface area (Å²) in [7, 11) is 0. The van der Waals surface area contributed by atoms with Crippen LogP contribution < -0.4 is 4.74 Å². The maximum Gasteiger partial charge on any atom is 0.140 e. The van der Waals surface area contributed by atoms with E-state index in [9.17, 15) is 4.39 Å². The molecule has 0 heterocycles. The third-order valence-corrected chi connectivity index (χ3v) is 2.31. The van der Waals surface area contributed by atoms with Crippen LogP contribution in [0.4, 0.5) is 4.39 Å². The van der Waals surface area contributed by atoms with Crippen molar-refractivity contribution in [2.75, 3.05) is 13.2 Å². The van der Waals surface area contributed by atoms with E-state index in [-0.39, 0.29) is 19.0 Å². The zero-order chi connectivity index (χ0) is 8.97. The molecule has 0 amide bonds. The van der Waals surface area contributed by atoms with Crippen LogP contribution in [0.3, 0.4) is 0 Å². The number of halogens is 2. The first-order valence-electron chi connectivity index (χ1n) is 3.43. The molecule has 0 saturated carbocycles. The van der Waals surface area contributed by atoms with Gasteiger partial charge in [0.1, 0.15) is 18.2 Å². The summed E-state index contributed by atoms with van der Waals surface area (Å²) in [6.07, 6.45) is 0. The molecule has 0 aliphatic carbocycles. The van der Waals surface area contributed by atoms with Crippen molar-refractivity contribution in [1.82, 2.24) is 0 Å². The SMILES string of the molecule is OCCOc1cccc(F)c1I. The van der Waals surface area contributed by atoms with Gasteiger partial charge in [-0.05, 0) is 34.7 Å². The van der Waals surface area contributed by atoms with E-state index in [0.717, 1.165) is 0 Å². The second kappa shape index (κ2) is 4.61. The van der Waals surface area contributed by atoms with E-state index in [4.69, 9.17) is 9.84 Å². The zero-order valence-electron chi connectivity index (χ0n) is 6.26. The normalized spacial score (nSPS) is 9.92. The van der Waals surface area contributed by atoms with Crippen molar-refractivity contribution in [2.45, 2.75) is 0 Å². The summed E-state index contributed by atoms with van der Waals surface area (Å²) >= 11 is 1.86. The van der Waals surface area contributed by atoms with Gasteiger partial charge in [0, 0.05) is 0 Å². The molecule has 0 unspecified atom stereocenters. The molecule has 1 N–H and O–H groups in total. The number of ether oxygens (including phenoxy) is 1. The molecule has 1 aromatic carbocycles. The van der Waals surface area contributed by atoms with Gasteiger partial charge in [-0.3, -0.25) is 0 Å². The molecule has 0 saturated heterocycles. The Labute approximate surface area is 83.5 Å². The maximum atomic E-state index is 12.9. The van der Waals surface area contributed by atoms with E-state index < -0.39 is 0 Å². The number of rotatable bonds is 3. The molecule has 0 atom stereocenters. The Morgan fingerprint density at radius 3 is 2.92 bits per heavy atom. The molecule has 12 heavy (non-hydrogen) atoms. The fourth-order valence-electron chi connectivity index (χ4n) is 0.751. The summed E-state index contributed by atoms with van der Waals surface area (Å²) in [5.74, 6) is 0.177. The first-order valence-corrected chi connectivity index (χ1v) is 4.51. The molecular weight excluding hydrogens is 274 g/mol. The summed E-state index contributed by atoms with van der Waals surface area (Å²) in [5, 5.41) is 8.47. The van der Waals surface area contributed by atoms with Crippen LogP contribution in [0.1, 0.15) is 0 Å². The highest BCUT2D eigenvalue weighted by Crippen LogP contribution is 2.22. The molecule has 0 aromatic heterocycles. The van der Waals surface area contributed by atoms with Crippen molar-refractivity contribution in [1.29, 1.82) is 0 Å². The Bertz CT molecular complexity index is 265. The number of hydrogen-bond acceptors (Lipinski definition) is 2. The number of benzene rings is 1. The van der Waals surface area contributed by atoms with Crippen LogP contribution in [-0.2, 0) is 0 Å². The molecule has 0 aliphatic rings. The summed E-state index contributed by atoms with van der Waals surface area (Å²) in [4.78, 5) is 0. The minimum Gasteiger partial charge on any atom is -0.490 e. The summed E-state index contributed by atoms with van der Waals surface area (Å²) < 4.78 is 18.4. The zero-order valence-corrected chi connectivity index (χ0v) is 8.42. The lowest BCUT2D eigenvalue weighted by atomic mass is 10.3. The van der Waals surface area contributed by atoms with E-state index >= 15 is 0 Å². The van der Waals surface area contributed by atoms with Crippen molar-refractivity contribution in [3.63, 3.8) is 0 Å². The van der Waals surface area contributed by atoms with Crippen LogP contribution in [0.25, 0.3) is 0 Å². The second-order valence-corrected chi connectivity index (χ2v) is 3.20. The molecule has 66 valence electrons.